The molecule has 0 aliphatic rings. The Kier molecular flexibility index (Phi) is 2.99. The molecule has 20 heavy (non-hydrogen) atoms. The number of para-hydroxylation sites is 1. The summed E-state index contributed by atoms with van der Waals surface area (Å²) in [6.45, 7) is 3.60. The number of aromatic nitrogens is 2. The van der Waals surface area contributed by atoms with E-state index in [9.17, 15) is 4.79 Å². The van der Waals surface area contributed by atoms with Gasteiger partial charge < -0.3 is 14.8 Å². The van der Waals surface area contributed by atoms with E-state index in [1.807, 2.05) is 19.1 Å². The summed E-state index contributed by atoms with van der Waals surface area (Å²) in [5.41, 5.74) is 2.07. The van der Waals surface area contributed by atoms with Gasteiger partial charge in [-0.2, -0.15) is 0 Å². The van der Waals surface area contributed by atoms with Crippen molar-refractivity contribution in [2.45, 2.75) is 13.8 Å². The van der Waals surface area contributed by atoms with Crippen LogP contribution in [0.15, 0.2) is 28.8 Å². The molecule has 0 aliphatic carbocycles. The number of hydrogen-bond donors (Lipinski definition) is 2. The second-order valence-corrected chi connectivity index (χ2v) is 4.97. The van der Waals surface area contributed by atoms with Gasteiger partial charge in [0.15, 0.2) is 5.82 Å². The molecule has 1 aromatic carbocycles. The maximum atomic E-state index is 12.4. The summed E-state index contributed by atoms with van der Waals surface area (Å²) in [5.74, 6) is 0.784. The number of aromatic amines is 1. The molecule has 0 spiro atoms. The average molecular weight is 290 g/mol. The van der Waals surface area contributed by atoms with Gasteiger partial charge >= 0.3 is 0 Å². The zero-order chi connectivity index (χ0) is 14.3. The lowest BCUT2D eigenvalue weighted by Gasteiger charge is -2.01. The Morgan fingerprint density at radius 3 is 2.90 bits per heavy atom. The lowest BCUT2D eigenvalue weighted by Crippen LogP contribution is -2.12. The largest absolute Gasteiger partial charge is 0.360 e. The first kappa shape index (κ1) is 12.7. The summed E-state index contributed by atoms with van der Waals surface area (Å²) in [7, 11) is 0. The van der Waals surface area contributed by atoms with Crippen LogP contribution < -0.4 is 5.32 Å². The Hall–Kier alpha value is -2.27. The molecule has 5 nitrogen and oxygen atoms in total. The van der Waals surface area contributed by atoms with E-state index >= 15 is 0 Å². The van der Waals surface area contributed by atoms with Crippen molar-refractivity contribution >= 4 is 34.2 Å². The van der Waals surface area contributed by atoms with Gasteiger partial charge in [0, 0.05) is 17.1 Å². The van der Waals surface area contributed by atoms with Gasteiger partial charge in [-0.3, -0.25) is 4.79 Å². The predicted octanol–water partition coefficient (Wildman–Crippen LogP) is 3.68. The second-order valence-electron chi connectivity index (χ2n) is 4.56. The fraction of sp³-hybridized carbons (Fsp3) is 0.143. The smallest absolute Gasteiger partial charge is 0.259 e. The Bertz CT molecular complexity index is 804. The van der Waals surface area contributed by atoms with Crippen molar-refractivity contribution in [2.24, 2.45) is 0 Å². The Morgan fingerprint density at radius 1 is 1.40 bits per heavy atom. The molecule has 0 atom stereocenters. The van der Waals surface area contributed by atoms with E-state index in [0.29, 0.717) is 22.2 Å². The van der Waals surface area contributed by atoms with Gasteiger partial charge in [-0.05, 0) is 19.9 Å². The number of benzene rings is 1. The number of hydrogen-bond acceptors (Lipinski definition) is 3. The molecule has 3 aromatic rings. The first-order valence-electron chi connectivity index (χ1n) is 6.07. The van der Waals surface area contributed by atoms with Crippen LogP contribution in [0.3, 0.4) is 0 Å². The van der Waals surface area contributed by atoms with Crippen molar-refractivity contribution in [3.05, 3.63) is 46.3 Å². The first-order valence-corrected chi connectivity index (χ1v) is 6.45. The minimum Gasteiger partial charge on any atom is -0.360 e. The molecule has 0 unspecified atom stereocenters. The van der Waals surface area contributed by atoms with Crippen LogP contribution in [0.5, 0.6) is 0 Å². The Labute approximate surface area is 119 Å². The van der Waals surface area contributed by atoms with Gasteiger partial charge in [-0.1, -0.05) is 28.9 Å². The van der Waals surface area contributed by atoms with Crippen LogP contribution in [-0.4, -0.2) is 16.0 Å². The van der Waals surface area contributed by atoms with E-state index in [4.69, 9.17) is 16.1 Å². The van der Waals surface area contributed by atoms with E-state index in [0.717, 1.165) is 16.6 Å². The monoisotopic (exact) mass is 289 g/mol. The number of halogens is 1. The quantitative estimate of drug-likeness (QED) is 0.756. The summed E-state index contributed by atoms with van der Waals surface area (Å²) >= 11 is 6.12. The van der Waals surface area contributed by atoms with Crippen LogP contribution in [0.4, 0.5) is 5.82 Å². The first-order chi connectivity index (χ1) is 9.56. The van der Waals surface area contributed by atoms with E-state index in [1.54, 1.807) is 19.1 Å². The average Bonchev–Trinajstić information content (AvgIpc) is 2.93. The van der Waals surface area contributed by atoms with Crippen molar-refractivity contribution in [1.82, 2.24) is 10.1 Å². The number of H-pyrrole nitrogens is 1. The highest BCUT2D eigenvalue weighted by Gasteiger charge is 2.18. The fourth-order valence-electron chi connectivity index (χ4n) is 2.21. The number of carbonyl (C=O) groups excluding carboxylic acids is 1. The number of nitrogens with one attached hydrogen (secondary N) is 2. The number of fused-ring (bicyclic) bond motifs is 1. The highest BCUT2D eigenvalue weighted by Crippen LogP contribution is 2.28. The molecule has 3 rings (SSSR count). The zero-order valence-electron chi connectivity index (χ0n) is 11.0. The highest BCUT2D eigenvalue weighted by molar-refractivity contribution is 6.35. The molecule has 0 saturated heterocycles. The third-order valence-electron chi connectivity index (χ3n) is 3.07. The van der Waals surface area contributed by atoms with E-state index in [2.05, 4.69) is 15.5 Å². The second kappa shape index (κ2) is 4.68. The third-order valence-corrected chi connectivity index (χ3v) is 3.38. The normalized spacial score (nSPS) is 10.9. The number of carbonyl (C=O) groups is 1. The van der Waals surface area contributed by atoms with Crippen molar-refractivity contribution < 1.29 is 9.32 Å². The standard InChI is InChI=1S/C14H12ClN3O2/c1-7-6-11(18-20-7)17-14(19)12-8(2)16-13-9(12)4-3-5-10(13)15/h3-6,16H,1-2H3,(H,17,18,19). The van der Waals surface area contributed by atoms with Gasteiger partial charge in [0.1, 0.15) is 5.76 Å². The lowest BCUT2D eigenvalue weighted by atomic mass is 10.1. The number of nitrogens with zero attached hydrogens (tertiary/aromatic N) is 1. The minimum absolute atomic E-state index is 0.246. The topological polar surface area (TPSA) is 70.9 Å². The van der Waals surface area contributed by atoms with Crippen LogP contribution in [0.1, 0.15) is 21.8 Å². The van der Waals surface area contributed by atoms with Gasteiger partial charge in [0.2, 0.25) is 0 Å². The van der Waals surface area contributed by atoms with Crippen LogP contribution in [0.25, 0.3) is 10.9 Å². The summed E-state index contributed by atoms with van der Waals surface area (Å²) in [6, 6.07) is 7.11. The maximum absolute atomic E-state index is 12.4. The molecule has 0 fully saturated rings. The SMILES string of the molecule is Cc1cc(NC(=O)c2c(C)[nH]c3c(Cl)cccc23)no1. The minimum atomic E-state index is -0.246. The summed E-state index contributed by atoms with van der Waals surface area (Å²) in [6.07, 6.45) is 0. The van der Waals surface area contributed by atoms with Crippen LogP contribution in [-0.2, 0) is 0 Å². The van der Waals surface area contributed by atoms with Crippen molar-refractivity contribution in [2.75, 3.05) is 5.32 Å². The molecule has 1 amide bonds. The van der Waals surface area contributed by atoms with Crippen molar-refractivity contribution in [1.29, 1.82) is 0 Å². The Balaban J connectivity index is 2.03. The summed E-state index contributed by atoms with van der Waals surface area (Å²) in [4.78, 5) is 15.5. The van der Waals surface area contributed by atoms with Gasteiger partial charge in [-0.15, -0.1) is 0 Å². The molecule has 0 radical (unpaired) electrons. The Morgan fingerprint density at radius 2 is 2.20 bits per heavy atom. The van der Waals surface area contributed by atoms with Crippen molar-refractivity contribution in [3.8, 4) is 0 Å². The summed E-state index contributed by atoms with van der Waals surface area (Å²) < 4.78 is 4.93. The summed E-state index contributed by atoms with van der Waals surface area (Å²) in [5, 5.41) is 7.83. The van der Waals surface area contributed by atoms with Gasteiger partial charge in [0.25, 0.3) is 5.91 Å². The van der Waals surface area contributed by atoms with Crippen LogP contribution in [0.2, 0.25) is 5.02 Å². The predicted molar refractivity (Wildman–Crippen MR) is 77.2 cm³/mol. The van der Waals surface area contributed by atoms with Crippen LogP contribution in [0, 0.1) is 13.8 Å². The number of aryl methyl sites for hydroxylation is 2. The van der Waals surface area contributed by atoms with Gasteiger partial charge in [-0.25, -0.2) is 0 Å². The number of anilines is 1. The number of rotatable bonds is 2. The number of amides is 1. The fourth-order valence-corrected chi connectivity index (χ4v) is 2.43. The molecular weight excluding hydrogens is 278 g/mol. The molecule has 2 heterocycles. The van der Waals surface area contributed by atoms with Crippen LogP contribution >= 0.6 is 11.6 Å². The maximum Gasteiger partial charge on any atom is 0.259 e. The molecular formula is C14H12ClN3O2. The van der Waals surface area contributed by atoms with Crippen molar-refractivity contribution in [3.63, 3.8) is 0 Å². The van der Waals surface area contributed by atoms with E-state index in [1.165, 1.54) is 0 Å². The molecule has 2 aromatic heterocycles. The third kappa shape index (κ3) is 2.06. The zero-order valence-corrected chi connectivity index (χ0v) is 11.7. The lowest BCUT2D eigenvalue weighted by molar-refractivity contribution is 0.102. The molecule has 0 bridgehead atoms. The molecule has 102 valence electrons. The molecule has 0 saturated carbocycles. The highest BCUT2D eigenvalue weighted by atomic mass is 35.5. The van der Waals surface area contributed by atoms with Gasteiger partial charge in [0.05, 0.1) is 16.1 Å². The van der Waals surface area contributed by atoms with E-state index < -0.39 is 0 Å². The molecule has 0 aliphatic heterocycles. The molecule has 2 N–H and O–H groups in total. The molecule has 6 heteroatoms. The van der Waals surface area contributed by atoms with E-state index in [-0.39, 0.29) is 5.91 Å².